The van der Waals surface area contributed by atoms with Crippen LogP contribution in [0.3, 0.4) is 0 Å². The number of hydrogen-bond donors (Lipinski definition) is 3. The predicted molar refractivity (Wildman–Crippen MR) is 65.2 cm³/mol. The lowest BCUT2D eigenvalue weighted by molar-refractivity contribution is 0.258. The van der Waals surface area contributed by atoms with Crippen molar-refractivity contribution < 1.29 is 5.11 Å². The summed E-state index contributed by atoms with van der Waals surface area (Å²) in [5, 5.41) is 12.1. The van der Waals surface area contributed by atoms with Crippen molar-refractivity contribution in [3.8, 4) is 0 Å². The van der Waals surface area contributed by atoms with Crippen molar-refractivity contribution in [3.63, 3.8) is 0 Å². The lowest BCUT2D eigenvalue weighted by atomic mass is 10.0. The molecular weight excluding hydrogens is 204 g/mol. The Morgan fingerprint density at radius 3 is 2.88 bits per heavy atom. The maximum absolute atomic E-state index is 8.89. The molecule has 5 heteroatoms. The highest BCUT2D eigenvalue weighted by Crippen LogP contribution is 2.16. The molecule has 0 spiro atoms. The summed E-state index contributed by atoms with van der Waals surface area (Å²) in [4.78, 5) is 8.05. The molecule has 1 aromatic heterocycles. The van der Waals surface area contributed by atoms with E-state index in [4.69, 9.17) is 10.8 Å². The average molecular weight is 224 g/mol. The third kappa shape index (κ3) is 3.34. The van der Waals surface area contributed by atoms with Gasteiger partial charge in [0, 0.05) is 18.7 Å². The van der Waals surface area contributed by atoms with Crippen LogP contribution in [0.5, 0.6) is 0 Å². The van der Waals surface area contributed by atoms with Crippen LogP contribution in [0.1, 0.15) is 25.3 Å². The third-order valence-electron chi connectivity index (χ3n) is 2.80. The first-order valence-corrected chi connectivity index (χ1v) is 5.60. The lowest BCUT2D eigenvalue weighted by Crippen LogP contribution is -2.16. The van der Waals surface area contributed by atoms with Gasteiger partial charge in [-0.2, -0.15) is 0 Å². The molecule has 4 N–H and O–H groups in total. The minimum Gasteiger partial charge on any atom is -0.396 e. The van der Waals surface area contributed by atoms with Crippen molar-refractivity contribution in [2.75, 3.05) is 24.2 Å². The van der Waals surface area contributed by atoms with Crippen LogP contribution in [0.2, 0.25) is 0 Å². The van der Waals surface area contributed by atoms with E-state index >= 15 is 0 Å². The summed E-state index contributed by atoms with van der Waals surface area (Å²) < 4.78 is 0. The zero-order valence-corrected chi connectivity index (χ0v) is 9.90. The first-order valence-electron chi connectivity index (χ1n) is 5.60. The summed E-state index contributed by atoms with van der Waals surface area (Å²) >= 11 is 0. The zero-order chi connectivity index (χ0) is 12.0. The summed E-state index contributed by atoms with van der Waals surface area (Å²) in [7, 11) is 0. The van der Waals surface area contributed by atoms with Gasteiger partial charge in [-0.15, -0.1) is 0 Å². The molecule has 1 rings (SSSR count). The number of hydrogen-bond acceptors (Lipinski definition) is 5. The summed E-state index contributed by atoms with van der Waals surface area (Å²) in [6.45, 7) is 5.04. The van der Waals surface area contributed by atoms with Crippen LogP contribution < -0.4 is 11.1 Å². The minimum absolute atomic E-state index is 0.227. The lowest BCUT2D eigenvalue weighted by Gasteiger charge is -2.16. The molecule has 5 nitrogen and oxygen atoms in total. The molecular formula is C11H20N4O. The normalized spacial score (nSPS) is 12.4. The number of nitrogens with two attached hydrogens (primary N) is 1. The number of nitrogens with zero attached hydrogens (tertiary/aromatic N) is 2. The molecule has 1 heterocycles. The Bertz CT molecular complexity index is 330. The van der Waals surface area contributed by atoms with Crippen molar-refractivity contribution in [1.82, 2.24) is 9.97 Å². The van der Waals surface area contributed by atoms with Gasteiger partial charge in [-0.3, -0.25) is 0 Å². The minimum atomic E-state index is 0.227. The van der Waals surface area contributed by atoms with Gasteiger partial charge in [0.25, 0.3) is 0 Å². The maximum Gasteiger partial charge on any atom is 0.134 e. The Morgan fingerprint density at radius 1 is 1.50 bits per heavy atom. The summed E-state index contributed by atoms with van der Waals surface area (Å²) in [6, 6.07) is 0. The van der Waals surface area contributed by atoms with Crippen LogP contribution in [-0.2, 0) is 0 Å². The molecule has 0 saturated heterocycles. The first kappa shape index (κ1) is 12.7. The number of nitrogen functional groups attached to an aromatic ring is 1. The topological polar surface area (TPSA) is 84.1 Å². The fourth-order valence-electron chi connectivity index (χ4n) is 1.52. The van der Waals surface area contributed by atoms with E-state index in [1.54, 1.807) is 0 Å². The van der Waals surface area contributed by atoms with Gasteiger partial charge in [0.05, 0.1) is 0 Å². The summed E-state index contributed by atoms with van der Waals surface area (Å²) in [6.07, 6.45) is 3.30. The maximum atomic E-state index is 8.89. The summed E-state index contributed by atoms with van der Waals surface area (Å²) in [5.74, 6) is 1.75. The molecule has 0 aliphatic rings. The fraction of sp³-hybridized carbons (Fsp3) is 0.636. The number of aromatic nitrogens is 2. The van der Waals surface area contributed by atoms with E-state index < -0.39 is 0 Å². The van der Waals surface area contributed by atoms with Gasteiger partial charge in [0.15, 0.2) is 0 Å². The Hall–Kier alpha value is -1.36. The van der Waals surface area contributed by atoms with Gasteiger partial charge in [-0.25, -0.2) is 9.97 Å². The molecule has 16 heavy (non-hydrogen) atoms. The molecule has 0 bridgehead atoms. The quantitative estimate of drug-likeness (QED) is 0.676. The second-order valence-corrected chi connectivity index (χ2v) is 3.90. The molecule has 0 aliphatic heterocycles. The smallest absolute Gasteiger partial charge is 0.134 e. The molecule has 1 atom stereocenters. The van der Waals surface area contributed by atoms with Crippen LogP contribution >= 0.6 is 0 Å². The molecule has 1 aromatic rings. The Balaban J connectivity index is 2.56. The van der Waals surface area contributed by atoms with Gasteiger partial charge in [0.2, 0.25) is 0 Å². The van der Waals surface area contributed by atoms with Gasteiger partial charge in [-0.1, -0.05) is 13.3 Å². The molecule has 90 valence electrons. The van der Waals surface area contributed by atoms with Crippen LogP contribution in [0.15, 0.2) is 6.33 Å². The van der Waals surface area contributed by atoms with E-state index in [1.807, 2.05) is 6.92 Å². The van der Waals surface area contributed by atoms with Crippen LogP contribution in [0.25, 0.3) is 0 Å². The SMILES string of the molecule is CCC(CCO)CNc1ncnc(N)c1C. The van der Waals surface area contributed by atoms with Gasteiger partial charge >= 0.3 is 0 Å². The monoisotopic (exact) mass is 224 g/mol. The van der Waals surface area contributed by atoms with Crippen molar-refractivity contribution >= 4 is 11.6 Å². The number of nitrogens with one attached hydrogen (secondary N) is 1. The average Bonchev–Trinajstić information content (AvgIpc) is 2.29. The van der Waals surface area contributed by atoms with E-state index in [1.165, 1.54) is 6.33 Å². The predicted octanol–water partition coefficient (Wildman–Crippen LogP) is 1.19. The van der Waals surface area contributed by atoms with Crippen LogP contribution in [0, 0.1) is 12.8 Å². The van der Waals surface area contributed by atoms with Crippen LogP contribution in [0.4, 0.5) is 11.6 Å². The molecule has 0 aromatic carbocycles. The second kappa shape index (κ2) is 6.27. The molecule has 1 unspecified atom stereocenters. The van der Waals surface area contributed by atoms with Gasteiger partial charge in [-0.05, 0) is 19.3 Å². The van der Waals surface area contributed by atoms with Gasteiger partial charge in [0.1, 0.15) is 18.0 Å². The Labute approximate surface area is 96.1 Å². The van der Waals surface area contributed by atoms with Crippen molar-refractivity contribution in [2.45, 2.75) is 26.7 Å². The van der Waals surface area contributed by atoms with Crippen LogP contribution in [-0.4, -0.2) is 28.2 Å². The van der Waals surface area contributed by atoms with E-state index in [9.17, 15) is 0 Å². The number of rotatable bonds is 6. The number of aliphatic hydroxyl groups is 1. The highest BCUT2D eigenvalue weighted by atomic mass is 16.3. The van der Waals surface area contributed by atoms with E-state index in [0.717, 1.165) is 30.8 Å². The molecule has 0 radical (unpaired) electrons. The zero-order valence-electron chi connectivity index (χ0n) is 9.90. The third-order valence-corrected chi connectivity index (χ3v) is 2.80. The Kier molecular flexibility index (Phi) is 4.98. The molecule has 0 aliphatic carbocycles. The van der Waals surface area contributed by atoms with Crippen molar-refractivity contribution in [3.05, 3.63) is 11.9 Å². The standard InChI is InChI=1S/C11H20N4O/c1-3-9(4-5-16)6-13-11-8(2)10(12)14-7-15-11/h7,9,16H,3-6H2,1-2H3,(H3,12,13,14,15). The van der Waals surface area contributed by atoms with E-state index in [0.29, 0.717) is 11.7 Å². The van der Waals surface area contributed by atoms with Crippen molar-refractivity contribution in [1.29, 1.82) is 0 Å². The Morgan fingerprint density at radius 2 is 2.25 bits per heavy atom. The number of aliphatic hydroxyl groups excluding tert-OH is 1. The fourth-order valence-corrected chi connectivity index (χ4v) is 1.52. The molecule has 0 fully saturated rings. The largest absolute Gasteiger partial charge is 0.396 e. The highest BCUT2D eigenvalue weighted by molar-refractivity contribution is 5.53. The number of anilines is 2. The molecule has 0 saturated carbocycles. The highest BCUT2D eigenvalue weighted by Gasteiger charge is 2.08. The van der Waals surface area contributed by atoms with Gasteiger partial charge < -0.3 is 16.2 Å². The summed E-state index contributed by atoms with van der Waals surface area (Å²) in [5.41, 5.74) is 6.56. The van der Waals surface area contributed by atoms with E-state index in [-0.39, 0.29) is 6.61 Å². The molecule has 0 amide bonds. The van der Waals surface area contributed by atoms with E-state index in [2.05, 4.69) is 22.2 Å². The van der Waals surface area contributed by atoms with Crippen molar-refractivity contribution in [2.24, 2.45) is 5.92 Å². The second-order valence-electron chi connectivity index (χ2n) is 3.90. The first-order chi connectivity index (χ1) is 7.69.